The standard InChI is InChI=1S/C13H19N3O2/c1-2-3-10-4-6-11(7-5-10)16-13(18)9-15-12(17)8-14/h4-7H,2-3,8-9,14H2,1H3,(H,15,17)(H,16,18). The number of nitrogens with two attached hydrogens (primary N) is 1. The number of carbonyl (C=O) groups is 2. The van der Waals surface area contributed by atoms with Crippen molar-refractivity contribution in [1.82, 2.24) is 5.32 Å². The first-order valence-electron chi connectivity index (χ1n) is 6.01. The van der Waals surface area contributed by atoms with Gasteiger partial charge < -0.3 is 16.4 Å². The van der Waals surface area contributed by atoms with E-state index in [1.54, 1.807) is 0 Å². The van der Waals surface area contributed by atoms with Gasteiger partial charge in [0.25, 0.3) is 0 Å². The minimum Gasteiger partial charge on any atom is -0.346 e. The predicted octanol–water partition coefficient (Wildman–Crippen LogP) is 0.653. The number of hydrogen-bond acceptors (Lipinski definition) is 3. The van der Waals surface area contributed by atoms with Crippen molar-refractivity contribution in [3.63, 3.8) is 0 Å². The van der Waals surface area contributed by atoms with Gasteiger partial charge in [0, 0.05) is 5.69 Å². The third-order valence-corrected chi connectivity index (χ3v) is 2.41. The van der Waals surface area contributed by atoms with Crippen LogP contribution in [0, 0.1) is 0 Å². The first-order valence-corrected chi connectivity index (χ1v) is 6.01. The van der Waals surface area contributed by atoms with Crippen LogP contribution in [0.15, 0.2) is 24.3 Å². The molecule has 0 saturated heterocycles. The van der Waals surface area contributed by atoms with Crippen LogP contribution in [0.3, 0.4) is 0 Å². The molecule has 0 heterocycles. The number of carbonyl (C=O) groups excluding carboxylic acids is 2. The van der Waals surface area contributed by atoms with Gasteiger partial charge >= 0.3 is 0 Å². The van der Waals surface area contributed by atoms with E-state index >= 15 is 0 Å². The maximum absolute atomic E-state index is 11.5. The average molecular weight is 249 g/mol. The Kier molecular flexibility index (Phi) is 5.87. The molecular formula is C13H19N3O2. The van der Waals surface area contributed by atoms with Crippen molar-refractivity contribution in [2.24, 2.45) is 5.73 Å². The van der Waals surface area contributed by atoms with Gasteiger partial charge in [-0.2, -0.15) is 0 Å². The van der Waals surface area contributed by atoms with Crippen LogP contribution in [0.4, 0.5) is 5.69 Å². The second kappa shape index (κ2) is 7.45. The van der Waals surface area contributed by atoms with Crippen LogP contribution in [-0.2, 0) is 16.0 Å². The molecule has 18 heavy (non-hydrogen) atoms. The largest absolute Gasteiger partial charge is 0.346 e. The summed E-state index contributed by atoms with van der Waals surface area (Å²) in [6.45, 7) is 1.95. The topological polar surface area (TPSA) is 84.2 Å². The van der Waals surface area contributed by atoms with Crippen molar-refractivity contribution < 1.29 is 9.59 Å². The lowest BCUT2D eigenvalue weighted by Gasteiger charge is -2.07. The summed E-state index contributed by atoms with van der Waals surface area (Å²) in [5.74, 6) is -0.608. The van der Waals surface area contributed by atoms with Gasteiger partial charge in [0.1, 0.15) is 0 Å². The molecule has 2 amide bonds. The minimum absolute atomic E-state index is 0.0628. The third-order valence-electron chi connectivity index (χ3n) is 2.41. The molecule has 0 unspecified atom stereocenters. The van der Waals surface area contributed by atoms with E-state index in [1.165, 1.54) is 5.56 Å². The average Bonchev–Trinajstić information content (AvgIpc) is 2.38. The maximum atomic E-state index is 11.5. The van der Waals surface area contributed by atoms with E-state index in [1.807, 2.05) is 24.3 Å². The van der Waals surface area contributed by atoms with Gasteiger partial charge in [-0.05, 0) is 24.1 Å². The number of anilines is 1. The van der Waals surface area contributed by atoms with E-state index < -0.39 is 0 Å². The molecule has 0 atom stereocenters. The normalized spacial score (nSPS) is 9.89. The Balaban J connectivity index is 2.42. The van der Waals surface area contributed by atoms with Crippen LogP contribution in [0.25, 0.3) is 0 Å². The molecular weight excluding hydrogens is 230 g/mol. The van der Waals surface area contributed by atoms with E-state index in [2.05, 4.69) is 17.6 Å². The third kappa shape index (κ3) is 4.97. The molecule has 0 aliphatic rings. The zero-order valence-corrected chi connectivity index (χ0v) is 10.5. The molecule has 4 N–H and O–H groups in total. The van der Waals surface area contributed by atoms with Gasteiger partial charge in [0.05, 0.1) is 13.1 Å². The van der Waals surface area contributed by atoms with Gasteiger partial charge in [-0.3, -0.25) is 9.59 Å². The Bertz CT molecular complexity index is 401. The monoisotopic (exact) mass is 249 g/mol. The van der Waals surface area contributed by atoms with Crippen LogP contribution < -0.4 is 16.4 Å². The maximum Gasteiger partial charge on any atom is 0.243 e. The highest BCUT2D eigenvalue weighted by Crippen LogP contribution is 2.10. The zero-order chi connectivity index (χ0) is 13.4. The lowest BCUT2D eigenvalue weighted by atomic mass is 10.1. The van der Waals surface area contributed by atoms with Gasteiger partial charge in [-0.15, -0.1) is 0 Å². The molecule has 98 valence electrons. The van der Waals surface area contributed by atoms with Crippen molar-refractivity contribution >= 4 is 17.5 Å². The molecule has 1 aromatic carbocycles. The number of aryl methyl sites for hydroxylation is 1. The van der Waals surface area contributed by atoms with Crippen LogP contribution in [-0.4, -0.2) is 24.9 Å². The highest BCUT2D eigenvalue weighted by atomic mass is 16.2. The molecule has 0 saturated carbocycles. The number of rotatable bonds is 6. The first kappa shape index (κ1) is 14.2. The van der Waals surface area contributed by atoms with Crippen molar-refractivity contribution in [1.29, 1.82) is 0 Å². The summed E-state index contributed by atoms with van der Waals surface area (Å²) >= 11 is 0. The van der Waals surface area contributed by atoms with Crippen molar-refractivity contribution in [2.45, 2.75) is 19.8 Å². The summed E-state index contributed by atoms with van der Waals surface area (Å²) in [5, 5.41) is 5.10. The molecule has 0 aliphatic heterocycles. The highest BCUT2D eigenvalue weighted by molar-refractivity contribution is 5.94. The van der Waals surface area contributed by atoms with E-state index in [0.29, 0.717) is 0 Å². The fraction of sp³-hybridized carbons (Fsp3) is 0.385. The lowest BCUT2D eigenvalue weighted by molar-refractivity contribution is -0.123. The first-order chi connectivity index (χ1) is 8.65. The molecule has 5 heteroatoms. The highest BCUT2D eigenvalue weighted by Gasteiger charge is 2.04. The van der Waals surface area contributed by atoms with E-state index in [-0.39, 0.29) is 24.9 Å². The second-order valence-corrected chi connectivity index (χ2v) is 3.98. The SMILES string of the molecule is CCCc1ccc(NC(=O)CNC(=O)CN)cc1. The van der Waals surface area contributed by atoms with Gasteiger partial charge in [-0.1, -0.05) is 25.5 Å². The molecule has 1 aromatic rings. The Hall–Kier alpha value is -1.88. The zero-order valence-electron chi connectivity index (χ0n) is 10.5. The van der Waals surface area contributed by atoms with E-state index in [0.717, 1.165) is 18.5 Å². The smallest absolute Gasteiger partial charge is 0.243 e. The molecule has 0 aliphatic carbocycles. The molecule has 0 radical (unpaired) electrons. The van der Waals surface area contributed by atoms with Gasteiger partial charge in [-0.25, -0.2) is 0 Å². The fourth-order valence-electron chi connectivity index (χ4n) is 1.50. The summed E-state index contributed by atoms with van der Waals surface area (Å²) in [6.07, 6.45) is 2.12. The number of benzene rings is 1. The van der Waals surface area contributed by atoms with Crippen molar-refractivity contribution in [3.8, 4) is 0 Å². The fourth-order valence-corrected chi connectivity index (χ4v) is 1.50. The minimum atomic E-state index is -0.344. The molecule has 0 fully saturated rings. The lowest BCUT2D eigenvalue weighted by Crippen LogP contribution is -2.36. The van der Waals surface area contributed by atoms with Crippen LogP contribution >= 0.6 is 0 Å². The van der Waals surface area contributed by atoms with Crippen LogP contribution in [0.2, 0.25) is 0 Å². The number of nitrogens with one attached hydrogen (secondary N) is 2. The van der Waals surface area contributed by atoms with Crippen LogP contribution in [0.1, 0.15) is 18.9 Å². The van der Waals surface area contributed by atoms with Gasteiger partial charge in [0.2, 0.25) is 11.8 Å². The van der Waals surface area contributed by atoms with E-state index in [4.69, 9.17) is 5.73 Å². The number of amides is 2. The Labute approximate surface area is 107 Å². The number of hydrogen-bond donors (Lipinski definition) is 3. The Morgan fingerprint density at radius 3 is 2.39 bits per heavy atom. The van der Waals surface area contributed by atoms with Gasteiger partial charge in [0.15, 0.2) is 0 Å². The molecule has 0 aromatic heterocycles. The summed E-state index contributed by atoms with van der Waals surface area (Å²) in [7, 11) is 0. The molecule has 0 bridgehead atoms. The summed E-state index contributed by atoms with van der Waals surface area (Å²) < 4.78 is 0. The summed E-state index contributed by atoms with van der Waals surface area (Å²) in [5.41, 5.74) is 7.08. The molecule has 5 nitrogen and oxygen atoms in total. The Morgan fingerprint density at radius 2 is 1.83 bits per heavy atom. The molecule has 0 spiro atoms. The quantitative estimate of drug-likeness (QED) is 0.692. The van der Waals surface area contributed by atoms with E-state index in [9.17, 15) is 9.59 Å². The second-order valence-electron chi connectivity index (χ2n) is 3.98. The summed E-state index contributed by atoms with van der Waals surface area (Å²) in [4.78, 5) is 22.3. The van der Waals surface area contributed by atoms with Crippen LogP contribution in [0.5, 0.6) is 0 Å². The van der Waals surface area contributed by atoms with Crippen molar-refractivity contribution in [2.75, 3.05) is 18.4 Å². The molecule has 1 rings (SSSR count). The Morgan fingerprint density at radius 1 is 1.17 bits per heavy atom. The predicted molar refractivity (Wildman–Crippen MR) is 71.1 cm³/mol. The van der Waals surface area contributed by atoms with Crippen molar-refractivity contribution in [3.05, 3.63) is 29.8 Å². The summed E-state index contributed by atoms with van der Waals surface area (Å²) in [6, 6.07) is 7.68.